The Balaban J connectivity index is 2.05. The van der Waals surface area contributed by atoms with Gasteiger partial charge in [0.05, 0.1) is 19.8 Å². The zero-order chi connectivity index (χ0) is 14.4. The van der Waals surface area contributed by atoms with Crippen LogP contribution < -0.4 is 10.1 Å². The van der Waals surface area contributed by atoms with Crippen molar-refractivity contribution in [3.63, 3.8) is 0 Å². The number of aliphatic hydroxyl groups is 1. The Hall–Kier alpha value is -1.91. The van der Waals surface area contributed by atoms with E-state index in [1.807, 2.05) is 30.3 Å². The van der Waals surface area contributed by atoms with E-state index in [1.54, 1.807) is 13.2 Å². The van der Waals surface area contributed by atoms with E-state index in [0.717, 1.165) is 16.9 Å². The third-order valence-electron chi connectivity index (χ3n) is 3.12. The summed E-state index contributed by atoms with van der Waals surface area (Å²) < 4.78 is 18.3. The first kappa shape index (κ1) is 14.5. The number of ether oxygens (including phenoxy) is 1. The van der Waals surface area contributed by atoms with Crippen LogP contribution in [0.15, 0.2) is 48.5 Å². The molecule has 4 heteroatoms. The third-order valence-corrected chi connectivity index (χ3v) is 3.12. The summed E-state index contributed by atoms with van der Waals surface area (Å²) in [5, 5.41) is 12.7. The van der Waals surface area contributed by atoms with Crippen LogP contribution in [0, 0.1) is 5.82 Å². The molecule has 0 saturated carbocycles. The van der Waals surface area contributed by atoms with Gasteiger partial charge in [-0.25, -0.2) is 4.39 Å². The second-order valence-electron chi connectivity index (χ2n) is 4.52. The monoisotopic (exact) mass is 275 g/mol. The number of methoxy groups -OCH3 is 1. The molecule has 0 aliphatic carbocycles. The lowest BCUT2D eigenvalue weighted by molar-refractivity contribution is 0.243. The van der Waals surface area contributed by atoms with Gasteiger partial charge in [-0.1, -0.05) is 24.3 Å². The van der Waals surface area contributed by atoms with Crippen LogP contribution in [0.2, 0.25) is 0 Å². The highest BCUT2D eigenvalue weighted by Crippen LogP contribution is 2.19. The van der Waals surface area contributed by atoms with Crippen LogP contribution in [-0.4, -0.2) is 18.8 Å². The molecule has 0 aliphatic heterocycles. The molecule has 20 heavy (non-hydrogen) atoms. The highest BCUT2D eigenvalue weighted by molar-refractivity contribution is 5.30. The SMILES string of the molecule is COc1cccc(C(CO)NCc2cccc(F)c2)c1. The number of benzene rings is 2. The van der Waals surface area contributed by atoms with Gasteiger partial charge in [-0.2, -0.15) is 0 Å². The first-order valence-corrected chi connectivity index (χ1v) is 6.45. The van der Waals surface area contributed by atoms with Gasteiger partial charge >= 0.3 is 0 Å². The molecular weight excluding hydrogens is 257 g/mol. The van der Waals surface area contributed by atoms with Crippen molar-refractivity contribution in [2.24, 2.45) is 0 Å². The van der Waals surface area contributed by atoms with Crippen molar-refractivity contribution in [1.82, 2.24) is 5.32 Å². The van der Waals surface area contributed by atoms with Gasteiger partial charge in [-0.3, -0.25) is 0 Å². The van der Waals surface area contributed by atoms with Gasteiger partial charge in [-0.15, -0.1) is 0 Å². The van der Waals surface area contributed by atoms with Crippen molar-refractivity contribution < 1.29 is 14.2 Å². The fraction of sp³-hybridized carbons (Fsp3) is 0.250. The lowest BCUT2D eigenvalue weighted by Crippen LogP contribution is -2.24. The molecule has 0 spiro atoms. The molecular formula is C16H18FNO2. The number of hydrogen-bond donors (Lipinski definition) is 2. The maximum atomic E-state index is 13.1. The zero-order valence-electron chi connectivity index (χ0n) is 11.3. The Bertz CT molecular complexity index is 560. The predicted molar refractivity (Wildman–Crippen MR) is 76.1 cm³/mol. The Morgan fingerprint density at radius 3 is 2.70 bits per heavy atom. The average molecular weight is 275 g/mol. The highest BCUT2D eigenvalue weighted by Gasteiger charge is 2.10. The summed E-state index contributed by atoms with van der Waals surface area (Å²) in [6, 6.07) is 13.7. The number of halogens is 1. The average Bonchev–Trinajstić information content (AvgIpc) is 2.48. The van der Waals surface area contributed by atoms with Crippen LogP contribution >= 0.6 is 0 Å². The van der Waals surface area contributed by atoms with Gasteiger partial charge in [0.15, 0.2) is 0 Å². The summed E-state index contributed by atoms with van der Waals surface area (Å²) in [5.41, 5.74) is 1.77. The normalized spacial score (nSPS) is 12.2. The van der Waals surface area contributed by atoms with Crippen molar-refractivity contribution >= 4 is 0 Å². The summed E-state index contributed by atoms with van der Waals surface area (Å²) in [6.07, 6.45) is 0. The van der Waals surface area contributed by atoms with Crippen LogP contribution in [0.4, 0.5) is 4.39 Å². The van der Waals surface area contributed by atoms with Gasteiger partial charge in [0.25, 0.3) is 0 Å². The van der Waals surface area contributed by atoms with Crippen molar-refractivity contribution in [2.45, 2.75) is 12.6 Å². The Kier molecular flexibility index (Phi) is 5.09. The first-order valence-electron chi connectivity index (χ1n) is 6.45. The van der Waals surface area contributed by atoms with Crippen LogP contribution in [-0.2, 0) is 6.54 Å². The van der Waals surface area contributed by atoms with Gasteiger partial charge < -0.3 is 15.2 Å². The minimum atomic E-state index is -0.258. The summed E-state index contributed by atoms with van der Waals surface area (Å²) in [7, 11) is 1.60. The molecule has 2 aromatic carbocycles. The van der Waals surface area contributed by atoms with Crippen LogP contribution in [0.1, 0.15) is 17.2 Å². The molecule has 0 heterocycles. The summed E-state index contributed by atoms with van der Waals surface area (Å²) in [5.74, 6) is 0.486. The third kappa shape index (κ3) is 3.79. The van der Waals surface area contributed by atoms with E-state index in [0.29, 0.717) is 6.54 Å². The Labute approximate surface area is 118 Å². The maximum Gasteiger partial charge on any atom is 0.123 e. The fourth-order valence-electron chi connectivity index (χ4n) is 2.03. The molecule has 0 aliphatic rings. The quantitative estimate of drug-likeness (QED) is 0.851. The molecule has 106 valence electrons. The minimum Gasteiger partial charge on any atom is -0.497 e. The summed E-state index contributed by atoms with van der Waals surface area (Å²) in [6.45, 7) is 0.447. The molecule has 0 radical (unpaired) electrons. The fourth-order valence-corrected chi connectivity index (χ4v) is 2.03. The van der Waals surface area contributed by atoms with Gasteiger partial charge in [-0.05, 0) is 35.4 Å². The smallest absolute Gasteiger partial charge is 0.123 e. The van der Waals surface area contributed by atoms with E-state index in [-0.39, 0.29) is 18.5 Å². The van der Waals surface area contributed by atoms with Crippen LogP contribution in [0.25, 0.3) is 0 Å². The standard InChI is InChI=1S/C16H18FNO2/c1-20-15-7-3-5-13(9-15)16(11-19)18-10-12-4-2-6-14(17)8-12/h2-9,16,18-19H,10-11H2,1H3. The number of hydrogen-bond acceptors (Lipinski definition) is 3. The Morgan fingerprint density at radius 2 is 2.00 bits per heavy atom. The molecule has 0 saturated heterocycles. The van der Waals surface area contributed by atoms with E-state index in [9.17, 15) is 9.50 Å². The van der Waals surface area contributed by atoms with Crippen molar-refractivity contribution in [3.8, 4) is 5.75 Å². The van der Waals surface area contributed by atoms with E-state index in [1.165, 1.54) is 12.1 Å². The molecule has 2 aromatic rings. The van der Waals surface area contributed by atoms with Gasteiger partial charge in [0.1, 0.15) is 11.6 Å². The number of rotatable bonds is 6. The van der Waals surface area contributed by atoms with E-state index < -0.39 is 0 Å². The summed E-state index contributed by atoms with van der Waals surface area (Å²) >= 11 is 0. The number of nitrogens with one attached hydrogen (secondary N) is 1. The lowest BCUT2D eigenvalue weighted by atomic mass is 10.1. The summed E-state index contributed by atoms with van der Waals surface area (Å²) in [4.78, 5) is 0. The zero-order valence-corrected chi connectivity index (χ0v) is 11.3. The van der Waals surface area contributed by atoms with E-state index in [2.05, 4.69) is 5.32 Å². The molecule has 0 aromatic heterocycles. The van der Waals surface area contributed by atoms with Gasteiger partial charge in [0, 0.05) is 6.54 Å². The first-order chi connectivity index (χ1) is 9.72. The van der Waals surface area contributed by atoms with Gasteiger partial charge in [0.2, 0.25) is 0 Å². The largest absolute Gasteiger partial charge is 0.497 e. The predicted octanol–water partition coefficient (Wildman–Crippen LogP) is 2.66. The van der Waals surface area contributed by atoms with Crippen LogP contribution in [0.3, 0.4) is 0 Å². The van der Waals surface area contributed by atoms with E-state index >= 15 is 0 Å². The second kappa shape index (κ2) is 7.03. The molecule has 3 nitrogen and oxygen atoms in total. The maximum absolute atomic E-state index is 13.1. The molecule has 0 bridgehead atoms. The Morgan fingerprint density at radius 1 is 1.20 bits per heavy atom. The molecule has 0 amide bonds. The number of aliphatic hydroxyl groups excluding tert-OH is 1. The molecule has 1 unspecified atom stereocenters. The topological polar surface area (TPSA) is 41.5 Å². The molecule has 1 atom stereocenters. The molecule has 2 rings (SSSR count). The van der Waals surface area contributed by atoms with Crippen molar-refractivity contribution in [2.75, 3.05) is 13.7 Å². The van der Waals surface area contributed by atoms with E-state index in [4.69, 9.17) is 4.74 Å². The molecule has 0 fully saturated rings. The minimum absolute atomic E-state index is 0.0392. The lowest BCUT2D eigenvalue weighted by Gasteiger charge is -2.17. The van der Waals surface area contributed by atoms with Crippen molar-refractivity contribution in [1.29, 1.82) is 0 Å². The second-order valence-corrected chi connectivity index (χ2v) is 4.52. The molecule has 2 N–H and O–H groups in total. The highest BCUT2D eigenvalue weighted by atomic mass is 19.1. The van der Waals surface area contributed by atoms with Crippen molar-refractivity contribution in [3.05, 3.63) is 65.5 Å². The van der Waals surface area contributed by atoms with Crippen LogP contribution in [0.5, 0.6) is 5.75 Å².